The Balaban J connectivity index is 1.70. The summed E-state index contributed by atoms with van der Waals surface area (Å²) in [6.07, 6.45) is 1.02. The smallest absolute Gasteiger partial charge is 0.374 e. The lowest BCUT2D eigenvalue weighted by molar-refractivity contribution is 0.0444. The molecule has 0 bridgehead atoms. The summed E-state index contributed by atoms with van der Waals surface area (Å²) in [4.78, 5) is 36.7. The third kappa shape index (κ3) is 4.19. The normalized spacial score (nSPS) is 12.0. The molecule has 0 saturated carbocycles. The van der Waals surface area contributed by atoms with E-state index in [1.54, 1.807) is 30.3 Å². The van der Waals surface area contributed by atoms with Gasteiger partial charge in [-0.1, -0.05) is 49.7 Å². The minimum Gasteiger partial charge on any atom is -0.451 e. The van der Waals surface area contributed by atoms with Gasteiger partial charge in [-0.2, -0.15) is 0 Å². The maximum absolute atomic E-state index is 12.3. The van der Waals surface area contributed by atoms with E-state index in [1.807, 2.05) is 19.1 Å². The SMILES string of the molecule is CC[C@@H](C)c1ccc(C(=O)COC(=O)c2cc(=O)c3cc(C)ccc3o2)cc1. The number of benzene rings is 2. The van der Waals surface area contributed by atoms with Gasteiger partial charge >= 0.3 is 5.97 Å². The van der Waals surface area contributed by atoms with Crippen molar-refractivity contribution in [1.29, 1.82) is 0 Å². The molecule has 0 unspecified atom stereocenters. The van der Waals surface area contributed by atoms with Gasteiger partial charge in [-0.3, -0.25) is 9.59 Å². The molecule has 1 aromatic heterocycles. The molecular weight excluding hydrogens is 356 g/mol. The quantitative estimate of drug-likeness (QED) is 0.461. The van der Waals surface area contributed by atoms with Crippen LogP contribution in [0.4, 0.5) is 0 Å². The van der Waals surface area contributed by atoms with Gasteiger partial charge in [0, 0.05) is 11.6 Å². The van der Waals surface area contributed by atoms with Crippen LogP contribution in [-0.2, 0) is 4.74 Å². The largest absolute Gasteiger partial charge is 0.451 e. The zero-order valence-electron chi connectivity index (χ0n) is 16.2. The first kappa shape index (κ1) is 19.5. The molecule has 5 heteroatoms. The van der Waals surface area contributed by atoms with Gasteiger partial charge in [-0.15, -0.1) is 0 Å². The molecule has 3 rings (SSSR count). The van der Waals surface area contributed by atoms with Crippen LogP contribution in [0.5, 0.6) is 0 Å². The molecule has 0 aliphatic rings. The van der Waals surface area contributed by atoms with Crippen molar-refractivity contribution in [2.75, 3.05) is 6.61 Å². The fourth-order valence-electron chi connectivity index (χ4n) is 2.89. The Morgan fingerprint density at radius 2 is 1.79 bits per heavy atom. The summed E-state index contributed by atoms with van der Waals surface area (Å²) in [5.41, 5.74) is 2.51. The van der Waals surface area contributed by atoms with Crippen LogP contribution < -0.4 is 5.43 Å². The highest BCUT2D eigenvalue weighted by molar-refractivity contribution is 5.99. The minimum absolute atomic E-state index is 0.221. The second-order valence-corrected chi connectivity index (χ2v) is 6.91. The van der Waals surface area contributed by atoms with Crippen LogP contribution in [0.1, 0.15) is 58.2 Å². The van der Waals surface area contributed by atoms with E-state index < -0.39 is 12.6 Å². The van der Waals surface area contributed by atoms with Gasteiger partial charge in [0.1, 0.15) is 5.58 Å². The summed E-state index contributed by atoms with van der Waals surface area (Å²) in [5, 5.41) is 0.397. The Kier molecular flexibility index (Phi) is 5.73. The first-order chi connectivity index (χ1) is 13.4. The molecular formula is C23H22O5. The molecule has 5 nitrogen and oxygen atoms in total. The molecule has 0 amide bonds. The van der Waals surface area contributed by atoms with Crippen LogP contribution >= 0.6 is 0 Å². The van der Waals surface area contributed by atoms with E-state index in [9.17, 15) is 14.4 Å². The van der Waals surface area contributed by atoms with Gasteiger partial charge in [-0.25, -0.2) is 4.79 Å². The highest BCUT2D eigenvalue weighted by Gasteiger charge is 2.16. The zero-order valence-corrected chi connectivity index (χ0v) is 16.2. The Morgan fingerprint density at radius 3 is 2.46 bits per heavy atom. The molecule has 1 atom stereocenters. The molecule has 3 aromatic rings. The first-order valence-electron chi connectivity index (χ1n) is 9.24. The van der Waals surface area contributed by atoms with Crippen molar-refractivity contribution in [3.63, 3.8) is 0 Å². The van der Waals surface area contributed by atoms with Gasteiger partial charge in [0.25, 0.3) is 0 Å². The third-order valence-electron chi connectivity index (χ3n) is 4.83. The summed E-state index contributed by atoms with van der Waals surface area (Å²) >= 11 is 0. The second kappa shape index (κ2) is 8.21. The number of hydrogen-bond donors (Lipinski definition) is 0. The van der Waals surface area contributed by atoms with E-state index in [0.29, 0.717) is 22.5 Å². The van der Waals surface area contributed by atoms with Crippen molar-refractivity contribution in [2.45, 2.75) is 33.1 Å². The number of carbonyl (C=O) groups excluding carboxylic acids is 2. The number of hydrogen-bond acceptors (Lipinski definition) is 5. The first-order valence-corrected chi connectivity index (χ1v) is 9.24. The zero-order chi connectivity index (χ0) is 20.3. The van der Waals surface area contributed by atoms with Crippen LogP contribution in [0.3, 0.4) is 0 Å². The number of ether oxygens (including phenoxy) is 1. The van der Waals surface area contributed by atoms with Gasteiger partial charge < -0.3 is 9.15 Å². The Labute approximate surface area is 162 Å². The topological polar surface area (TPSA) is 73.6 Å². The summed E-state index contributed by atoms with van der Waals surface area (Å²) in [5.74, 6) is -0.963. The molecule has 0 aliphatic heterocycles. The van der Waals surface area contributed by atoms with Crippen molar-refractivity contribution in [2.24, 2.45) is 0 Å². The predicted molar refractivity (Wildman–Crippen MR) is 107 cm³/mol. The third-order valence-corrected chi connectivity index (χ3v) is 4.83. The van der Waals surface area contributed by atoms with Crippen LogP contribution in [0.15, 0.2) is 57.7 Å². The maximum atomic E-state index is 12.3. The van der Waals surface area contributed by atoms with Gasteiger partial charge in [-0.05, 0) is 37.0 Å². The van der Waals surface area contributed by atoms with Crippen molar-refractivity contribution in [3.8, 4) is 0 Å². The maximum Gasteiger partial charge on any atom is 0.374 e. The van der Waals surface area contributed by atoms with Crippen molar-refractivity contribution < 1.29 is 18.7 Å². The van der Waals surface area contributed by atoms with Crippen LogP contribution in [-0.4, -0.2) is 18.4 Å². The molecule has 0 radical (unpaired) electrons. The lowest BCUT2D eigenvalue weighted by Crippen LogP contribution is -2.16. The fourth-order valence-corrected chi connectivity index (χ4v) is 2.89. The number of ketones is 1. The molecule has 144 valence electrons. The average molecular weight is 378 g/mol. The number of carbonyl (C=O) groups is 2. The molecule has 0 spiro atoms. The highest BCUT2D eigenvalue weighted by atomic mass is 16.5. The van der Waals surface area contributed by atoms with E-state index in [2.05, 4.69) is 13.8 Å². The number of esters is 1. The standard InChI is InChI=1S/C23H22O5/c1-4-15(3)16-6-8-17(9-7-16)20(25)13-27-23(26)22-12-19(24)18-11-14(2)5-10-21(18)28-22/h5-12,15H,4,13H2,1-3H3/t15-/m1/s1. The molecule has 0 N–H and O–H groups in total. The number of Topliss-reactive ketones (excluding diaryl/α,β-unsaturated/α-hetero) is 1. The van der Waals surface area contributed by atoms with Crippen molar-refractivity contribution in [1.82, 2.24) is 0 Å². The molecule has 0 saturated heterocycles. The summed E-state index contributed by atoms with van der Waals surface area (Å²) in [6, 6.07) is 13.5. The summed E-state index contributed by atoms with van der Waals surface area (Å²) in [7, 11) is 0. The lowest BCUT2D eigenvalue weighted by Gasteiger charge is -2.09. The van der Waals surface area contributed by atoms with Crippen LogP contribution in [0.25, 0.3) is 11.0 Å². The monoisotopic (exact) mass is 378 g/mol. The predicted octanol–water partition coefficient (Wildman–Crippen LogP) is 4.65. The highest BCUT2D eigenvalue weighted by Crippen LogP contribution is 2.19. The molecule has 28 heavy (non-hydrogen) atoms. The van der Waals surface area contributed by atoms with E-state index >= 15 is 0 Å². The molecule has 1 heterocycles. The van der Waals surface area contributed by atoms with Gasteiger partial charge in [0.2, 0.25) is 5.76 Å². The fraction of sp³-hybridized carbons (Fsp3) is 0.261. The summed E-state index contributed by atoms with van der Waals surface area (Å²) in [6.45, 7) is 5.67. The molecule has 0 aliphatic carbocycles. The van der Waals surface area contributed by atoms with Crippen molar-refractivity contribution >= 4 is 22.7 Å². The van der Waals surface area contributed by atoms with E-state index in [0.717, 1.165) is 23.6 Å². The van der Waals surface area contributed by atoms with Gasteiger partial charge in [0.05, 0.1) is 5.39 Å². The molecule has 0 fully saturated rings. The Bertz CT molecular complexity index is 1080. The minimum atomic E-state index is -0.843. The summed E-state index contributed by atoms with van der Waals surface area (Å²) < 4.78 is 10.5. The van der Waals surface area contributed by atoms with E-state index in [-0.39, 0.29) is 17.0 Å². The number of rotatable bonds is 6. The van der Waals surface area contributed by atoms with E-state index in [4.69, 9.17) is 9.15 Å². The average Bonchev–Trinajstić information content (AvgIpc) is 2.71. The Morgan fingerprint density at radius 1 is 1.07 bits per heavy atom. The van der Waals surface area contributed by atoms with Crippen LogP contribution in [0.2, 0.25) is 0 Å². The van der Waals surface area contributed by atoms with Crippen molar-refractivity contribution in [3.05, 3.63) is 81.2 Å². The number of aryl methyl sites for hydroxylation is 1. The second-order valence-electron chi connectivity index (χ2n) is 6.91. The lowest BCUT2D eigenvalue weighted by atomic mass is 9.97. The van der Waals surface area contributed by atoms with E-state index in [1.165, 1.54) is 0 Å². The van der Waals surface area contributed by atoms with Crippen LogP contribution in [0, 0.1) is 6.92 Å². The Hall–Kier alpha value is -3.21. The van der Waals surface area contributed by atoms with Gasteiger partial charge in [0.15, 0.2) is 17.8 Å². The number of fused-ring (bicyclic) bond motifs is 1. The molecule has 2 aromatic carbocycles.